The summed E-state index contributed by atoms with van der Waals surface area (Å²) in [6.07, 6.45) is 1.78. The second-order valence-electron chi connectivity index (χ2n) is 6.25. The lowest BCUT2D eigenvalue weighted by molar-refractivity contribution is -0.151. The molecule has 0 aliphatic carbocycles. The van der Waals surface area contributed by atoms with Crippen molar-refractivity contribution in [3.8, 4) is 0 Å². The fraction of sp³-hybridized carbons (Fsp3) is 0.471. The largest absolute Gasteiger partial charge is 0.369 e. The first kappa shape index (κ1) is 15.7. The van der Waals surface area contributed by atoms with Crippen LogP contribution in [0.5, 0.6) is 0 Å². The Morgan fingerprint density at radius 2 is 1.87 bits per heavy atom. The SMILES string of the molecule is COC(C)(C)C(=O)N1CCN(c2nncc3ccccc23)CC1. The van der Waals surface area contributed by atoms with Crippen molar-refractivity contribution in [2.75, 3.05) is 38.2 Å². The Kier molecular flexibility index (Phi) is 4.17. The van der Waals surface area contributed by atoms with E-state index in [1.165, 1.54) is 0 Å². The lowest BCUT2D eigenvalue weighted by Crippen LogP contribution is -2.54. The number of anilines is 1. The molecule has 1 aromatic heterocycles. The molecule has 6 nitrogen and oxygen atoms in total. The molecule has 0 bridgehead atoms. The summed E-state index contributed by atoms with van der Waals surface area (Å²) in [6.45, 7) is 6.42. The van der Waals surface area contributed by atoms with E-state index in [-0.39, 0.29) is 5.91 Å². The standard InChI is InChI=1S/C17H22N4O2/c1-17(2,23-3)16(22)21-10-8-20(9-11-21)15-14-7-5-4-6-13(14)12-18-19-15/h4-7,12H,8-11H2,1-3H3. The molecule has 1 aliphatic heterocycles. The predicted octanol–water partition coefficient (Wildman–Crippen LogP) is 1.70. The fourth-order valence-electron chi connectivity index (χ4n) is 2.84. The van der Waals surface area contributed by atoms with Gasteiger partial charge < -0.3 is 14.5 Å². The van der Waals surface area contributed by atoms with Crippen molar-refractivity contribution in [2.45, 2.75) is 19.4 Å². The van der Waals surface area contributed by atoms with Crippen molar-refractivity contribution in [1.29, 1.82) is 0 Å². The Morgan fingerprint density at radius 3 is 2.57 bits per heavy atom. The van der Waals surface area contributed by atoms with Crippen LogP contribution < -0.4 is 4.90 Å². The third-order valence-corrected chi connectivity index (χ3v) is 4.44. The third kappa shape index (κ3) is 2.99. The van der Waals surface area contributed by atoms with E-state index in [4.69, 9.17) is 4.74 Å². The Hall–Kier alpha value is -2.21. The highest BCUT2D eigenvalue weighted by atomic mass is 16.5. The van der Waals surface area contributed by atoms with Gasteiger partial charge in [0.25, 0.3) is 5.91 Å². The van der Waals surface area contributed by atoms with Gasteiger partial charge in [0.1, 0.15) is 5.60 Å². The fourth-order valence-corrected chi connectivity index (χ4v) is 2.84. The number of hydrogen-bond acceptors (Lipinski definition) is 5. The summed E-state index contributed by atoms with van der Waals surface area (Å²) in [5.41, 5.74) is -0.776. The lowest BCUT2D eigenvalue weighted by Gasteiger charge is -2.38. The highest BCUT2D eigenvalue weighted by Crippen LogP contribution is 2.24. The lowest BCUT2D eigenvalue weighted by atomic mass is 10.1. The summed E-state index contributed by atoms with van der Waals surface area (Å²) in [7, 11) is 1.57. The summed E-state index contributed by atoms with van der Waals surface area (Å²) in [5.74, 6) is 0.921. The van der Waals surface area contributed by atoms with E-state index in [0.29, 0.717) is 13.1 Å². The second-order valence-corrected chi connectivity index (χ2v) is 6.25. The summed E-state index contributed by atoms with van der Waals surface area (Å²) < 4.78 is 5.29. The predicted molar refractivity (Wildman–Crippen MR) is 89.4 cm³/mol. The molecule has 3 rings (SSSR count). The molecule has 0 N–H and O–H groups in total. The van der Waals surface area contributed by atoms with Crippen molar-refractivity contribution in [3.05, 3.63) is 30.5 Å². The molecule has 2 aromatic rings. The van der Waals surface area contributed by atoms with Gasteiger partial charge in [-0.05, 0) is 13.8 Å². The normalized spacial score (nSPS) is 16.0. The van der Waals surface area contributed by atoms with E-state index < -0.39 is 5.60 Å². The van der Waals surface area contributed by atoms with Crippen LogP contribution in [-0.4, -0.2) is 59.9 Å². The van der Waals surface area contributed by atoms with Gasteiger partial charge in [-0.15, -0.1) is 5.10 Å². The topological polar surface area (TPSA) is 58.6 Å². The zero-order valence-corrected chi connectivity index (χ0v) is 13.8. The van der Waals surface area contributed by atoms with Crippen molar-refractivity contribution < 1.29 is 9.53 Å². The molecule has 1 saturated heterocycles. The average molecular weight is 314 g/mol. The maximum Gasteiger partial charge on any atom is 0.254 e. The van der Waals surface area contributed by atoms with Crippen LogP contribution in [0.15, 0.2) is 30.5 Å². The van der Waals surface area contributed by atoms with Crippen LogP contribution >= 0.6 is 0 Å². The molecular weight excluding hydrogens is 292 g/mol. The van der Waals surface area contributed by atoms with Crippen molar-refractivity contribution in [2.24, 2.45) is 0 Å². The van der Waals surface area contributed by atoms with E-state index in [2.05, 4.69) is 21.2 Å². The molecule has 1 aromatic carbocycles. The monoisotopic (exact) mass is 314 g/mol. The van der Waals surface area contributed by atoms with Gasteiger partial charge in [0, 0.05) is 44.1 Å². The molecular formula is C17H22N4O2. The van der Waals surface area contributed by atoms with Crippen molar-refractivity contribution in [3.63, 3.8) is 0 Å². The quantitative estimate of drug-likeness (QED) is 0.863. The van der Waals surface area contributed by atoms with Crippen LogP contribution in [0.25, 0.3) is 10.8 Å². The maximum absolute atomic E-state index is 12.5. The van der Waals surface area contributed by atoms with Crippen LogP contribution in [0.2, 0.25) is 0 Å². The van der Waals surface area contributed by atoms with Crippen LogP contribution in [0.1, 0.15) is 13.8 Å². The zero-order chi connectivity index (χ0) is 16.4. The molecule has 0 radical (unpaired) electrons. The van der Waals surface area contributed by atoms with Crippen molar-refractivity contribution in [1.82, 2.24) is 15.1 Å². The minimum atomic E-state index is -0.776. The highest BCUT2D eigenvalue weighted by Gasteiger charge is 2.33. The van der Waals surface area contributed by atoms with Gasteiger partial charge in [-0.3, -0.25) is 4.79 Å². The number of benzene rings is 1. The molecule has 0 atom stereocenters. The number of amides is 1. The smallest absolute Gasteiger partial charge is 0.254 e. The van der Waals surface area contributed by atoms with E-state index in [9.17, 15) is 4.79 Å². The summed E-state index contributed by atoms with van der Waals surface area (Å²) >= 11 is 0. The van der Waals surface area contributed by atoms with Gasteiger partial charge in [-0.1, -0.05) is 24.3 Å². The van der Waals surface area contributed by atoms with Crippen LogP contribution in [0.3, 0.4) is 0 Å². The summed E-state index contributed by atoms with van der Waals surface area (Å²) in [4.78, 5) is 16.5. The summed E-state index contributed by atoms with van der Waals surface area (Å²) in [5, 5.41) is 10.6. The number of hydrogen-bond donors (Lipinski definition) is 0. The highest BCUT2D eigenvalue weighted by molar-refractivity contribution is 5.91. The molecule has 1 aliphatic rings. The number of fused-ring (bicyclic) bond motifs is 1. The van der Waals surface area contributed by atoms with Crippen LogP contribution in [0, 0.1) is 0 Å². The van der Waals surface area contributed by atoms with E-state index >= 15 is 0 Å². The third-order valence-electron chi connectivity index (χ3n) is 4.44. The molecule has 2 heterocycles. The average Bonchev–Trinajstić information content (AvgIpc) is 2.60. The van der Waals surface area contributed by atoms with E-state index in [1.54, 1.807) is 27.2 Å². The first-order valence-electron chi connectivity index (χ1n) is 7.83. The van der Waals surface area contributed by atoms with E-state index in [0.717, 1.165) is 29.7 Å². The molecule has 0 saturated carbocycles. The number of rotatable bonds is 3. The van der Waals surface area contributed by atoms with Gasteiger partial charge in [-0.2, -0.15) is 5.10 Å². The van der Waals surface area contributed by atoms with E-state index in [1.807, 2.05) is 23.1 Å². The van der Waals surface area contributed by atoms with Gasteiger partial charge in [0.05, 0.1) is 6.20 Å². The Morgan fingerprint density at radius 1 is 1.17 bits per heavy atom. The molecule has 0 spiro atoms. The first-order chi connectivity index (χ1) is 11.0. The molecule has 0 unspecified atom stereocenters. The molecule has 1 fully saturated rings. The summed E-state index contributed by atoms with van der Waals surface area (Å²) in [6, 6.07) is 8.10. The maximum atomic E-state index is 12.5. The number of carbonyl (C=O) groups is 1. The first-order valence-corrected chi connectivity index (χ1v) is 7.83. The Bertz CT molecular complexity index is 703. The number of aromatic nitrogens is 2. The van der Waals surface area contributed by atoms with Gasteiger partial charge in [0.2, 0.25) is 0 Å². The molecule has 6 heteroatoms. The Balaban J connectivity index is 1.75. The van der Waals surface area contributed by atoms with Crippen LogP contribution in [0.4, 0.5) is 5.82 Å². The van der Waals surface area contributed by atoms with Gasteiger partial charge >= 0.3 is 0 Å². The molecule has 122 valence electrons. The number of piperazine rings is 1. The Labute approximate surface area is 136 Å². The van der Waals surface area contributed by atoms with Gasteiger partial charge in [0.15, 0.2) is 5.82 Å². The minimum Gasteiger partial charge on any atom is -0.369 e. The number of carbonyl (C=O) groups excluding carboxylic acids is 1. The van der Waals surface area contributed by atoms with Gasteiger partial charge in [-0.25, -0.2) is 0 Å². The zero-order valence-electron chi connectivity index (χ0n) is 13.8. The number of methoxy groups -OCH3 is 1. The number of ether oxygens (including phenoxy) is 1. The van der Waals surface area contributed by atoms with Crippen molar-refractivity contribution >= 4 is 22.5 Å². The van der Waals surface area contributed by atoms with Crippen LogP contribution in [-0.2, 0) is 9.53 Å². The minimum absolute atomic E-state index is 0.0312. The second kappa shape index (κ2) is 6.12. The molecule has 1 amide bonds. The number of nitrogens with zero attached hydrogens (tertiary/aromatic N) is 4. The molecule has 23 heavy (non-hydrogen) atoms.